The van der Waals surface area contributed by atoms with Crippen molar-refractivity contribution in [3.63, 3.8) is 0 Å². The van der Waals surface area contributed by atoms with Gasteiger partial charge in [-0.25, -0.2) is 0 Å². The van der Waals surface area contributed by atoms with Crippen molar-refractivity contribution < 1.29 is 9.53 Å². The molecule has 2 aromatic rings. The van der Waals surface area contributed by atoms with Gasteiger partial charge in [-0.2, -0.15) is 0 Å². The summed E-state index contributed by atoms with van der Waals surface area (Å²) in [4.78, 5) is 11.9. The van der Waals surface area contributed by atoms with Crippen molar-refractivity contribution in [2.45, 2.75) is 6.42 Å². The fourth-order valence-corrected chi connectivity index (χ4v) is 1.90. The van der Waals surface area contributed by atoms with Crippen molar-refractivity contribution in [3.05, 3.63) is 65.7 Å². The van der Waals surface area contributed by atoms with Gasteiger partial charge in [-0.3, -0.25) is 4.79 Å². The van der Waals surface area contributed by atoms with Crippen molar-refractivity contribution >= 4 is 5.91 Å². The van der Waals surface area contributed by atoms with E-state index in [9.17, 15) is 4.79 Å². The van der Waals surface area contributed by atoms with Crippen LogP contribution in [0.15, 0.2) is 54.6 Å². The standard InChI is InChI=1S/C18H17NO2/c1-21-17-12-6-5-11-16(17)14-18(20)19-13-7-10-15-8-3-2-4-9-15/h2-6,8-9,11-12H,13-14H2,1H3,(H,19,20). The highest BCUT2D eigenvalue weighted by molar-refractivity contribution is 5.79. The Balaban J connectivity index is 1.84. The molecule has 0 aliphatic rings. The lowest BCUT2D eigenvalue weighted by Gasteiger charge is -2.07. The molecular formula is C18H17NO2. The van der Waals surface area contributed by atoms with Crippen molar-refractivity contribution in [1.82, 2.24) is 5.32 Å². The van der Waals surface area contributed by atoms with Gasteiger partial charge in [0, 0.05) is 11.1 Å². The zero-order valence-electron chi connectivity index (χ0n) is 11.9. The molecule has 0 heterocycles. The lowest BCUT2D eigenvalue weighted by atomic mass is 10.1. The molecule has 0 atom stereocenters. The fraction of sp³-hybridized carbons (Fsp3) is 0.167. The zero-order chi connectivity index (χ0) is 14.9. The predicted octanol–water partition coefficient (Wildman–Crippen LogP) is 2.41. The highest BCUT2D eigenvalue weighted by Gasteiger charge is 2.06. The summed E-state index contributed by atoms with van der Waals surface area (Å²) in [6.07, 6.45) is 0.289. The summed E-state index contributed by atoms with van der Waals surface area (Å²) in [5.41, 5.74) is 1.81. The number of carbonyl (C=O) groups excluding carboxylic acids is 1. The van der Waals surface area contributed by atoms with Crippen LogP contribution in [-0.4, -0.2) is 19.6 Å². The first-order valence-corrected chi connectivity index (χ1v) is 6.72. The van der Waals surface area contributed by atoms with Crippen LogP contribution in [0.3, 0.4) is 0 Å². The second-order valence-corrected chi connectivity index (χ2v) is 4.43. The van der Waals surface area contributed by atoms with E-state index in [2.05, 4.69) is 17.2 Å². The summed E-state index contributed by atoms with van der Waals surface area (Å²) in [5.74, 6) is 6.59. The molecule has 106 valence electrons. The molecule has 0 aliphatic heterocycles. The predicted molar refractivity (Wildman–Crippen MR) is 83.0 cm³/mol. The summed E-state index contributed by atoms with van der Waals surface area (Å²) in [6, 6.07) is 17.2. The Kier molecular flexibility index (Phi) is 5.42. The van der Waals surface area contributed by atoms with Gasteiger partial charge in [-0.15, -0.1) is 0 Å². The number of ether oxygens (including phenoxy) is 1. The molecule has 0 aliphatic carbocycles. The molecule has 3 nitrogen and oxygen atoms in total. The second-order valence-electron chi connectivity index (χ2n) is 4.43. The third-order valence-electron chi connectivity index (χ3n) is 2.92. The molecule has 0 aromatic heterocycles. The summed E-state index contributed by atoms with van der Waals surface area (Å²) >= 11 is 0. The Morgan fingerprint density at radius 2 is 1.81 bits per heavy atom. The lowest BCUT2D eigenvalue weighted by Crippen LogP contribution is -2.25. The van der Waals surface area contributed by atoms with Crippen LogP contribution in [0.1, 0.15) is 11.1 Å². The van der Waals surface area contributed by atoms with Crippen LogP contribution in [0.25, 0.3) is 0 Å². The average Bonchev–Trinajstić information content (AvgIpc) is 2.53. The minimum absolute atomic E-state index is 0.0677. The Morgan fingerprint density at radius 3 is 2.57 bits per heavy atom. The quantitative estimate of drug-likeness (QED) is 0.873. The van der Waals surface area contributed by atoms with E-state index >= 15 is 0 Å². The van der Waals surface area contributed by atoms with Crippen LogP contribution in [-0.2, 0) is 11.2 Å². The van der Waals surface area contributed by atoms with E-state index in [1.165, 1.54) is 0 Å². The third kappa shape index (κ3) is 4.70. The summed E-state index contributed by atoms with van der Waals surface area (Å²) in [7, 11) is 1.60. The van der Waals surface area contributed by atoms with Crippen molar-refractivity contribution in [2.24, 2.45) is 0 Å². The molecule has 1 N–H and O–H groups in total. The van der Waals surface area contributed by atoms with Crippen LogP contribution in [0.5, 0.6) is 5.75 Å². The fourth-order valence-electron chi connectivity index (χ4n) is 1.90. The Morgan fingerprint density at radius 1 is 1.10 bits per heavy atom. The number of para-hydroxylation sites is 1. The van der Waals surface area contributed by atoms with Crippen LogP contribution in [0.4, 0.5) is 0 Å². The van der Waals surface area contributed by atoms with E-state index in [-0.39, 0.29) is 12.3 Å². The first-order chi connectivity index (χ1) is 10.3. The first kappa shape index (κ1) is 14.7. The molecule has 0 bridgehead atoms. The normalized spacial score (nSPS) is 9.38. The monoisotopic (exact) mass is 279 g/mol. The van der Waals surface area contributed by atoms with Gasteiger partial charge in [0.15, 0.2) is 0 Å². The molecule has 0 saturated carbocycles. The van der Waals surface area contributed by atoms with Gasteiger partial charge in [-0.1, -0.05) is 48.2 Å². The molecule has 2 rings (SSSR count). The molecule has 1 amide bonds. The molecule has 3 heteroatoms. The van der Waals surface area contributed by atoms with Gasteiger partial charge in [0.1, 0.15) is 5.75 Å². The van der Waals surface area contributed by atoms with Crippen molar-refractivity contribution in [1.29, 1.82) is 0 Å². The van der Waals surface area contributed by atoms with Gasteiger partial charge in [0.05, 0.1) is 20.1 Å². The number of amides is 1. The highest BCUT2D eigenvalue weighted by atomic mass is 16.5. The minimum Gasteiger partial charge on any atom is -0.496 e. The zero-order valence-corrected chi connectivity index (χ0v) is 11.9. The topological polar surface area (TPSA) is 38.3 Å². The van der Waals surface area contributed by atoms with Crippen molar-refractivity contribution in [3.8, 4) is 17.6 Å². The molecule has 21 heavy (non-hydrogen) atoms. The third-order valence-corrected chi connectivity index (χ3v) is 2.92. The van der Waals surface area contributed by atoms with E-state index in [1.807, 2.05) is 54.6 Å². The SMILES string of the molecule is COc1ccccc1CC(=O)NCC#Cc1ccccc1. The average molecular weight is 279 g/mol. The maximum absolute atomic E-state index is 11.9. The van der Waals surface area contributed by atoms with Crippen molar-refractivity contribution in [2.75, 3.05) is 13.7 Å². The van der Waals surface area contributed by atoms with Crippen LogP contribution < -0.4 is 10.1 Å². The first-order valence-electron chi connectivity index (χ1n) is 6.72. The van der Waals surface area contributed by atoms with E-state index < -0.39 is 0 Å². The molecule has 0 unspecified atom stereocenters. The Hall–Kier alpha value is -2.73. The number of nitrogens with one attached hydrogen (secondary N) is 1. The number of methoxy groups -OCH3 is 1. The van der Waals surface area contributed by atoms with Gasteiger partial charge < -0.3 is 10.1 Å². The minimum atomic E-state index is -0.0677. The molecule has 0 fully saturated rings. The number of rotatable bonds is 4. The maximum atomic E-state index is 11.9. The van der Waals surface area contributed by atoms with Gasteiger partial charge in [0.25, 0.3) is 0 Å². The smallest absolute Gasteiger partial charge is 0.225 e. The van der Waals surface area contributed by atoms with E-state index in [0.717, 1.165) is 16.9 Å². The lowest BCUT2D eigenvalue weighted by molar-refractivity contribution is -0.120. The number of hydrogen-bond acceptors (Lipinski definition) is 2. The summed E-state index contributed by atoms with van der Waals surface area (Å²) in [5, 5.41) is 2.78. The van der Waals surface area contributed by atoms with E-state index in [0.29, 0.717) is 6.54 Å². The van der Waals surface area contributed by atoms with E-state index in [4.69, 9.17) is 4.74 Å². The molecule has 0 saturated heterocycles. The molecule has 0 spiro atoms. The highest BCUT2D eigenvalue weighted by Crippen LogP contribution is 2.17. The van der Waals surface area contributed by atoms with Crippen LogP contribution in [0.2, 0.25) is 0 Å². The number of carbonyl (C=O) groups is 1. The molecule has 2 aromatic carbocycles. The maximum Gasteiger partial charge on any atom is 0.225 e. The summed E-state index contributed by atoms with van der Waals surface area (Å²) in [6.45, 7) is 0.336. The van der Waals surface area contributed by atoms with Gasteiger partial charge in [-0.05, 0) is 18.2 Å². The van der Waals surface area contributed by atoms with Crippen LogP contribution in [0, 0.1) is 11.8 Å². The van der Waals surface area contributed by atoms with Gasteiger partial charge >= 0.3 is 0 Å². The Bertz CT molecular complexity index is 654. The number of hydrogen-bond donors (Lipinski definition) is 1. The molecule has 0 radical (unpaired) electrons. The Labute approximate surface area is 125 Å². The number of benzene rings is 2. The summed E-state index contributed by atoms with van der Waals surface area (Å²) < 4.78 is 5.22. The largest absolute Gasteiger partial charge is 0.496 e. The van der Waals surface area contributed by atoms with Crippen LogP contribution >= 0.6 is 0 Å². The van der Waals surface area contributed by atoms with E-state index in [1.54, 1.807) is 7.11 Å². The van der Waals surface area contributed by atoms with Gasteiger partial charge in [0.2, 0.25) is 5.91 Å². The second kappa shape index (κ2) is 7.76. The molecular weight excluding hydrogens is 262 g/mol.